The van der Waals surface area contributed by atoms with E-state index in [0.717, 1.165) is 18.2 Å². The standard InChI is InChI=1S/C7H14N2S/c1-6(2)9-5-4-8(3)7(9)10/h6H,4-5H2,1-3H3. The molecule has 1 aliphatic rings. The SMILES string of the molecule is CC(C)N1CCN(C)C1=S. The topological polar surface area (TPSA) is 6.48 Å². The minimum absolute atomic E-state index is 0.553. The van der Waals surface area contributed by atoms with Gasteiger partial charge in [-0.05, 0) is 26.1 Å². The molecule has 1 aliphatic heterocycles. The molecule has 0 spiro atoms. The maximum atomic E-state index is 5.19. The van der Waals surface area contributed by atoms with Gasteiger partial charge in [-0.1, -0.05) is 0 Å². The molecule has 1 heterocycles. The Bertz CT molecular complexity index is 145. The lowest BCUT2D eigenvalue weighted by molar-refractivity contribution is 0.389. The predicted octanol–water partition coefficient (Wildman–Crippen LogP) is 0.927. The van der Waals surface area contributed by atoms with E-state index in [1.807, 2.05) is 7.05 Å². The Morgan fingerprint density at radius 2 is 2.00 bits per heavy atom. The van der Waals surface area contributed by atoms with Gasteiger partial charge in [-0.2, -0.15) is 0 Å². The van der Waals surface area contributed by atoms with E-state index in [4.69, 9.17) is 12.2 Å². The van der Waals surface area contributed by atoms with Crippen LogP contribution in [0.3, 0.4) is 0 Å². The van der Waals surface area contributed by atoms with Crippen LogP contribution < -0.4 is 0 Å². The second kappa shape index (κ2) is 2.74. The minimum Gasteiger partial charge on any atom is -0.350 e. The third-order valence-corrected chi connectivity index (χ3v) is 2.42. The summed E-state index contributed by atoms with van der Waals surface area (Å²) in [5, 5.41) is 0.995. The van der Waals surface area contributed by atoms with Crippen LogP contribution >= 0.6 is 12.2 Å². The molecule has 0 unspecified atom stereocenters. The van der Waals surface area contributed by atoms with Gasteiger partial charge in [-0.15, -0.1) is 0 Å². The van der Waals surface area contributed by atoms with E-state index in [2.05, 4.69) is 23.6 Å². The molecule has 1 saturated heterocycles. The summed E-state index contributed by atoms with van der Waals surface area (Å²) in [7, 11) is 2.05. The van der Waals surface area contributed by atoms with Crippen molar-refractivity contribution in [2.24, 2.45) is 0 Å². The average Bonchev–Trinajstić information content (AvgIpc) is 2.14. The zero-order valence-corrected chi connectivity index (χ0v) is 7.61. The summed E-state index contributed by atoms with van der Waals surface area (Å²) < 4.78 is 0. The van der Waals surface area contributed by atoms with Crippen molar-refractivity contribution < 1.29 is 0 Å². The molecule has 0 N–H and O–H groups in total. The summed E-state index contributed by atoms with van der Waals surface area (Å²) in [4.78, 5) is 4.37. The van der Waals surface area contributed by atoms with E-state index in [9.17, 15) is 0 Å². The summed E-state index contributed by atoms with van der Waals surface area (Å²) >= 11 is 5.19. The van der Waals surface area contributed by atoms with E-state index < -0.39 is 0 Å². The average molecular weight is 158 g/mol. The molecule has 0 aromatic heterocycles. The summed E-state index contributed by atoms with van der Waals surface area (Å²) in [6.45, 7) is 6.51. The van der Waals surface area contributed by atoms with E-state index in [1.165, 1.54) is 0 Å². The maximum Gasteiger partial charge on any atom is 0.171 e. The number of nitrogens with zero attached hydrogens (tertiary/aromatic N) is 2. The summed E-state index contributed by atoms with van der Waals surface area (Å²) in [5.41, 5.74) is 0. The smallest absolute Gasteiger partial charge is 0.171 e. The number of hydrogen-bond donors (Lipinski definition) is 0. The van der Waals surface area contributed by atoms with Crippen molar-refractivity contribution in [3.05, 3.63) is 0 Å². The fourth-order valence-corrected chi connectivity index (χ4v) is 1.54. The van der Waals surface area contributed by atoms with Gasteiger partial charge in [0.25, 0.3) is 0 Å². The Morgan fingerprint density at radius 1 is 1.40 bits per heavy atom. The number of hydrogen-bond acceptors (Lipinski definition) is 1. The molecule has 3 heteroatoms. The van der Waals surface area contributed by atoms with Crippen LogP contribution in [0.25, 0.3) is 0 Å². The highest BCUT2D eigenvalue weighted by molar-refractivity contribution is 7.80. The van der Waals surface area contributed by atoms with Gasteiger partial charge in [-0.3, -0.25) is 0 Å². The van der Waals surface area contributed by atoms with Crippen LogP contribution in [0.15, 0.2) is 0 Å². The van der Waals surface area contributed by atoms with Gasteiger partial charge in [0.1, 0.15) is 0 Å². The van der Waals surface area contributed by atoms with Gasteiger partial charge in [-0.25, -0.2) is 0 Å². The van der Waals surface area contributed by atoms with Crippen molar-refractivity contribution in [3.63, 3.8) is 0 Å². The molecule has 0 amide bonds. The minimum atomic E-state index is 0.553. The lowest BCUT2D eigenvalue weighted by Crippen LogP contribution is -2.34. The lowest BCUT2D eigenvalue weighted by Gasteiger charge is -2.22. The summed E-state index contributed by atoms with van der Waals surface area (Å²) in [6.07, 6.45) is 0. The predicted molar refractivity (Wildman–Crippen MR) is 47.1 cm³/mol. The maximum absolute atomic E-state index is 5.19. The molecule has 0 aromatic carbocycles. The summed E-state index contributed by atoms with van der Waals surface area (Å²) in [5.74, 6) is 0. The first-order chi connectivity index (χ1) is 4.63. The second-order valence-electron chi connectivity index (χ2n) is 2.99. The molecular formula is C7H14N2S. The Hall–Kier alpha value is -0.310. The third-order valence-electron chi connectivity index (χ3n) is 1.87. The van der Waals surface area contributed by atoms with Crippen molar-refractivity contribution in [1.82, 2.24) is 9.80 Å². The molecular weight excluding hydrogens is 144 g/mol. The highest BCUT2D eigenvalue weighted by Gasteiger charge is 2.22. The molecule has 0 saturated carbocycles. The van der Waals surface area contributed by atoms with Crippen molar-refractivity contribution >= 4 is 17.3 Å². The van der Waals surface area contributed by atoms with Crippen LogP contribution in [-0.4, -0.2) is 41.1 Å². The van der Waals surface area contributed by atoms with Crippen molar-refractivity contribution in [2.75, 3.05) is 20.1 Å². The van der Waals surface area contributed by atoms with Crippen LogP contribution in [0.1, 0.15) is 13.8 Å². The van der Waals surface area contributed by atoms with Crippen LogP contribution in [0.2, 0.25) is 0 Å². The zero-order valence-electron chi connectivity index (χ0n) is 6.79. The van der Waals surface area contributed by atoms with E-state index in [0.29, 0.717) is 6.04 Å². The fraction of sp³-hybridized carbons (Fsp3) is 0.857. The molecule has 1 rings (SSSR count). The quantitative estimate of drug-likeness (QED) is 0.524. The fourth-order valence-electron chi connectivity index (χ4n) is 1.15. The molecule has 0 bridgehead atoms. The first-order valence-electron chi connectivity index (χ1n) is 3.64. The largest absolute Gasteiger partial charge is 0.350 e. The monoisotopic (exact) mass is 158 g/mol. The van der Waals surface area contributed by atoms with Crippen molar-refractivity contribution in [2.45, 2.75) is 19.9 Å². The Kier molecular flexibility index (Phi) is 2.14. The Balaban J connectivity index is 2.57. The zero-order chi connectivity index (χ0) is 7.72. The number of likely N-dealkylation sites (N-methyl/N-ethyl adjacent to an activating group) is 1. The van der Waals surface area contributed by atoms with Crippen LogP contribution in [0.5, 0.6) is 0 Å². The van der Waals surface area contributed by atoms with Crippen molar-refractivity contribution in [3.8, 4) is 0 Å². The van der Waals surface area contributed by atoms with E-state index in [1.54, 1.807) is 0 Å². The highest BCUT2D eigenvalue weighted by atomic mass is 32.1. The number of thiocarbonyl (C=S) groups is 1. The van der Waals surface area contributed by atoms with Gasteiger partial charge in [0.05, 0.1) is 0 Å². The lowest BCUT2D eigenvalue weighted by atomic mass is 10.3. The van der Waals surface area contributed by atoms with E-state index in [-0.39, 0.29) is 0 Å². The number of rotatable bonds is 1. The molecule has 2 nitrogen and oxygen atoms in total. The van der Waals surface area contributed by atoms with Gasteiger partial charge in [0, 0.05) is 26.2 Å². The van der Waals surface area contributed by atoms with Crippen LogP contribution in [-0.2, 0) is 0 Å². The van der Waals surface area contributed by atoms with Crippen molar-refractivity contribution in [1.29, 1.82) is 0 Å². The van der Waals surface area contributed by atoms with Gasteiger partial charge in [0.15, 0.2) is 5.11 Å². The first-order valence-corrected chi connectivity index (χ1v) is 4.05. The molecule has 0 aromatic rings. The third kappa shape index (κ3) is 1.24. The van der Waals surface area contributed by atoms with Crippen LogP contribution in [0.4, 0.5) is 0 Å². The van der Waals surface area contributed by atoms with Gasteiger partial charge < -0.3 is 9.80 Å². The van der Waals surface area contributed by atoms with E-state index >= 15 is 0 Å². The first kappa shape index (κ1) is 7.79. The van der Waals surface area contributed by atoms with Gasteiger partial charge >= 0.3 is 0 Å². The van der Waals surface area contributed by atoms with Crippen LogP contribution in [0, 0.1) is 0 Å². The van der Waals surface area contributed by atoms with Gasteiger partial charge in [0.2, 0.25) is 0 Å². The molecule has 0 atom stereocenters. The molecule has 0 aliphatic carbocycles. The second-order valence-corrected chi connectivity index (χ2v) is 3.36. The Morgan fingerprint density at radius 3 is 2.20 bits per heavy atom. The highest BCUT2D eigenvalue weighted by Crippen LogP contribution is 2.09. The molecule has 1 fully saturated rings. The normalized spacial score (nSPS) is 19.4. The molecule has 58 valence electrons. The molecule has 0 radical (unpaired) electrons. The molecule has 10 heavy (non-hydrogen) atoms. The summed E-state index contributed by atoms with van der Waals surface area (Å²) in [6, 6.07) is 0.553. The Labute approximate surface area is 67.8 Å².